The minimum atomic E-state index is 0.253. The lowest BCUT2D eigenvalue weighted by atomic mass is 10.00. The van der Waals surface area contributed by atoms with Crippen LogP contribution in [0.3, 0.4) is 0 Å². The molecule has 0 spiro atoms. The van der Waals surface area contributed by atoms with E-state index in [1.165, 1.54) is 23.2 Å². The molecule has 0 amide bonds. The highest BCUT2D eigenvalue weighted by Gasteiger charge is 2.13. The van der Waals surface area contributed by atoms with E-state index < -0.39 is 0 Å². The van der Waals surface area contributed by atoms with E-state index in [9.17, 15) is 0 Å². The summed E-state index contributed by atoms with van der Waals surface area (Å²) in [5.74, 6) is 0. The van der Waals surface area contributed by atoms with Crippen LogP contribution in [0, 0.1) is 6.92 Å². The molecule has 0 saturated carbocycles. The van der Waals surface area contributed by atoms with Gasteiger partial charge in [0, 0.05) is 31.4 Å². The Kier molecular flexibility index (Phi) is 7.76. The topological polar surface area (TPSA) is 32.5 Å². The van der Waals surface area contributed by atoms with Crippen LogP contribution in [0.4, 0.5) is 5.69 Å². The second-order valence-corrected chi connectivity index (χ2v) is 6.29. The van der Waals surface area contributed by atoms with Gasteiger partial charge in [-0.05, 0) is 51.9 Å². The first-order chi connectivity index (χ1) is 9.97. The third-order valence-electron chi connectivity index (χ3n) is 3.89. The summed E-state index contributed by atoms with van der Waals surface area (Å²) in [6.45, 7) is 9.82. The molecule has 0 saturated heterocycles. The largest absolute Gasteiger partial charge is 0.370 e. The molecule has 0 radical (unpaired) electrons. The Hall–Kier alpha value is -1.06. The van der Waals surface area contributed by atoms with E-state index in [1.54, 1.807) is 0 Å². The monoisotopic (exact) mass is 291 g/mol. The molecule has 21 heavy (non-hydrogen) atoms. The molecular formula is C18H33N3. The van der Waals surface area contributed by atoms with Gasteiger partial charge in [-0.2, -0.15) is 0 Å². The van der Waals surface area contributed by atoms with Crippen LogP contribution in [0.15, 0.2) is 18.2 Å². The fourth-order valence-electron chi connectivity index (χ4n) is 2.56. The molecule has 1 aromatic rings. The fourth-order valence-corrected chi connectivity index (χ4v) is 2.56. The smallest absolute Gasteiger partial charge is 0.0399 e. The Bertz CT molecular complexity index is 415. The number of nitrogens with zero attached hydrogens (tertiary/aromatic N) is 2. The van der Waals surface area contributed by atoms with Gasteiger partial charge < -0.3 is 15.5 Å². The second kappa shape index (κ2) is 9.06. The van der Waals surface area contributed by atoms with Crippen LogP contribution in [-0.4, -0.2) is 44.7 Å². The first-order valence-corrected chi connectivity index (χ1v) is 8.22. The molecule has 3 heteroatoms. The van der Waals surface area contributed by atoms with Crippen molar-refractivity contribution in [2.24, 2.45) is 5.73 Å². The number of aryl methyl sites for hydroxylation is 1. The van der Waals surface area contributed by atoms with Gasteiger partial charge in [0.05, 0.1) is 0 Å². The number of hydrogen-bond acceptors (Lipinski definition) is 3. The van der Waals surface area contributed by atoms with E-state index in [2.05, 4.69) is 62.9 Å². The Labute approximate surface area is 131 Å². The maximum absolute atomic E-state index is 6.19. The predicted octanol–water partition coefficient (Wildman–Crippen LogP) is 3.05. The summed E-state index contributed by atoms with van der Waals surface area (Å²) >= 11 is 0. The normalized spacial score (nSPS) is 12.7. The Morgan fingerprint density at radius 3 is 2.38 bits per heavy atom. The molecular weight excluding hydrogens is 258 g/mol. The molecule has 1 unspecified atom stereocenters. The summed E-state index contributed by atoms with van der Waals surface area (Å²) in [5, 5.41) is 0. The predicted molar refractivity (Wildman–Crippen MR) is 94.2 cm³/mol. The summed E-state index contributed by atoms with van der Waals surface area (Å²) in [7, 11) is 4.26. The second-order valence-electron chi connectivity index (χ2n) is 6.29. The van der Waals surface area contributed by atoms with E-state index in [4.69, 9.17) is 5.73 Å². The highest BCUT2D eigenvalue weighted by molar-refractivity contribution is 5.55. The summed E-state index contributed by atoms with van der Waals surface area (Å²) in [6, 6.07) is 7.05. The first-order valence-electron chi connectivity index (χ1n) is 8.22. The van der Waals surface area contributed by atoms with Gasteiger partial charge >= 0.3 is 0 Å². The zero-order valence-electron chi connectivity index (χ0n) is 14.5. The molecule has 0 aliphatic carbocycles. The van der Waals surface area contributed by atoms with Crippen LogP contribution in [0.25, 0.3) is 0 Å². The van der Waals surface area contributed by atoms with Gasteiger partial charge in [0.15, 0.2) is 0 Å². The number of nitrogens with two attached hydrogens (primary N) is 1. The number of anilines is 1. The molecule has 0 heterocycles. The Balaban J connectivity index is 2.99. The van der Waals surface area contributed by atoms with Gasteiger partial charge in [-0.3, -0.25) is 0 Å². The number of rotatable bonds is 9. The highest BCUT2D eigenvalue weighted by Crippen LogP contribution is 2.24. The third-order valence-corrected chi connectivity index (χ3v) is 3.89. The molecule has 0 fully saturated rings. The van der Waals surface area contributed by atoms with E-state index in [1.807, 2.05) is 0 Å². The van der Waals surface area contributed by atoms with Crippen LogP contribution in [0.2, 0.25) is 0 Å². The number of benzene rings is 1. The SMILES string of the molecule is CCCN(CCN(C)C)c1ccc(C)cc1CC(N)CC. The van der Waals surface area contributed by atoms with Gasteiger partial charge in [-0.15, -0.1) is 0 Å². The number of hydrogen-bond donors (Lipinski definition) is 1. The Morgan fingerprint density at radius 2 is 1.81 bits per heavy atom. The molecule has 1 aromatic carbocycles. The van der Waals surface area contributed by atoms with Crippen molar-refractivity contribution in [2.75, 3.05) is 38.6 Å². The molecule has 120 valence electrons. The van der Waals surface area contributed by atoms with Crippen LogP contribution >= 0.6 is 0 Å². The lowest BCUT2D eigenvalue weighted by Gasteiger charge is -2.29. The summed E-state index contributed by atoms with van der Waals surface area (Å²) in [5.41, 5.74) is 10.3. The van der Waals surface area contributed by atoms with Crippen molar-refractivity contribution in [3.8, 4) is 0 Å². The van der Waals surface area contributed by atoms with Gasteiger partial charge in [-0.25, -0.2) is 0 Å². The van der Waals surface area contributed by atoms with E-state index in [-0.39, 0.29) is 6.04 Å². The van der Waals surface area contributed by atoms with Gasteiger partial charge in [0.1, 0.15) is 0 Å². The molecule has 0 aliphatic heterocycles. The van der Waals surface area contributed by atoms with Gasteiger partial charge in [-0.1, -0.05) is 31.5 Å². The van der Waals surface area contributed by atoms with Crippen molar-refractivity contribution in [3.63, 3.8) is 0 Å². The first kappa shape index (κ1) is 18.0. The van der Waals surface area contributed by atoms with Gasteiger partial charge in [0.25, 0.3) is 0 Å². The number of likely N-dealkylation sites (N-methyl/N-ethyl adjacent to an activating group) is 1. The summed E-state index contributed by atoms with van der Waals surface area (Å²) in [6.07, 6.45) is 3.16. The maximum Gasteiger partial charge on any atom is 0.0399 e. The lowest BCUT2D eigenvalue weighted by Crippen LogP contribution is -2.33. The van der Waals surface area contributed by atoms with E-state index in [0.717, 1.165) is 32.5 Å². The maximum atomic E-state index is 6.19. The fraction of sp³-hybridized carbons (Fsp3) is 0.667. The molecule has 1 rings (SSSR count). The zero-order valence-corrected chi connectivity index (χ0v) is 14.5. The average Bonchev–Trinajstić information content (AvgIpc) is 2.43. The molecule has 2 N–H and O–H groups in total. The summed E-state index contributed by atoms with van der Waals surface area (Å²) in [4.78, 5) is 4.76. The van der Waals surface area contributed by atoms with E-state index >= 15 is 0 Å². The molecule has 3 nitrogen and oxygen atoms in total. The van der Waals surface area contributed by atoms with Crippen molar-refractivity contribution in [1.29, 1.82) is 0 Å². The molecule has 0 aliphatic rings. The van der Waals surface area contributed by atoms with Crippen molar-refractivity contribution in [2.45, 2.75) is 46.1 Å². The average molecular weight is 291 g/mol. The zero-order chi connectivity index (χ0) is 15.8. The lowest BCUT2D eigenvalue weighted by molar-refractivity contribution is 0.412. The molecule has 0 aromatic heterocycles. The van der Waals surface area contributed by atoms with Crippen molar-refractivity contribution in [3.05, 3.63) is 29.3 Å². The van der Waals surface area contributed by atoms with Crippen LogP contribution < -0.4 is 10.6 Å². The van der Waals surface area contributed by atoms with Crippen molar-refractivity contribution >= 4 is 5.69 Å². The molecule has 0 bridgehead atoms. The van der Waals surface area contributed by atoms with Crippen LogP contribution in [-0.2, 0) is 6.42 Å². The minimum absolute atomic E-state index is 0.253. The van der Waals surface area contributed by atoms with Gasteiger partial charge in [0.2, 0.25) is 0 Å². The third kappa shape index (κ3) is 6.06. The van der Waals surface area contributed by atoms with Crippen LogP contribution in [0.5, 0.6) is 0 Å². The standard InChI is InChI=1S/C18H33N3/c1-6-10-21(12-11-20(4)5)18-9-8-15(3)13-16(18)14-17(19)7-2/h8-9,13,17H,6-7,10-12,14,19H2,1-5H3. The van der Waals surface area contributed by atoms with Crippen molar-refractivity contribution < 1.29 is 0 Å². The summed E-state index contributed by atoms with van der Waals surface area (Å²) < 4.78 is 0. The molecule has 1 atom stereocenters. The van der Waals surface area contributed by atoms with Crippen molar-refractivity contribution in [1.82, 2.24) is 4.90 Å². The minimum Gasteiger partial charge on any atom is -0.370 e. The highest BCUT2D eigenvalue weighted by atomic mass is 15.2. The quantitative estimate of drug-likeness (QED) is 0.759. The Morgan fingerprint density at radius 1 is 1.10 bits per heavy atom. The van der Waals surface area contributed by atoms with E-state index in [0.29, 0.717) is 0 Å². The van der Waals surface area contributed by atoms with Crippen LogP contribution in [0.1, 0.15) is 37.8 Å².